The standard InChI is InChI=1S/C37H42FN11O4S/c1-22(2)49-31-17-33(42-32-10-13-39-35(43-32)24-18-41-48(21-24)54(52,53)26-5-6-26)40-19-29(31)36(45-49)47-14-11-25(12-15-47)46(3)20-23-4-7-27(30(38)16-23)28-8-9-34(50)44-37(28)51/h4,7,10,13,16-19,21-22,25-26,28H,5-6,8-9,11-12,14-15,20H2,1-3H3,(H,44,50,51)(H,39,40,42,43). The van der Waals surface area contributed by atoms with Gasteiger partial charge < -0.3 is 10.2 Å². The van der Waals surface area contributed by atoms with Crippen LogP contribution in [0.5, 0.6) is 0 Å². The number of aromatic nitrogens is 7. The molecule has 0 bridgehead atoms. The Balaban J connectivity index is 0.927. The number of benzene rings is 1. The van der Waals surface area contributed by atoms with Crippen LogP contribution in [0.25, 0.3) is 22.3 Å². The summed E-state index contributed by atoms with van der Waals surface area (Å²) >= 11 is 0. The van der Waals surface area contributed by atoms with Gasteiger partial charge in [0, 0.05) is 62.2 Å². The summed E-state index contributed by atoms with van der Waals surface area (Å²) in [6, 6.07) is 9.13. The van der Waals surface area contributed by atoms with Crippen LogP contribution in [0.2, 0.25) is 0 Å². The zero-order chi connectivity index (χ0) is 37.7. The molecule has 2 saturated heterocycles. The first-order chi connectivity index (χ1) is 25.9. The molecule has 0 spiro atoms. The maximum atomic E-state index is 15.2. The van der Waals surface area contributed by atoms with Gasteiger partial charge in [-0.15, -0.1) is 0 Å². The Morgan fingerprint density at radius 2 is 1.81 bits per heavy atom. The maximum absolute atomic E-state index is 15.2. The number of halogens is 1. The summed E-state index contributed by atoms with van der Waals surface area (Å²) in [6.07, 6.45) is 9.97. The third-order valence-electron chi connectivity index (χ3n) is 10.5. The first-order valence-corrected chi connectivity index (χ1v) is 19.8. The monoisotopic (exact) mass is 755 g/mol. The van der Waals surface area contributed by atoms with Crippen LogP contribution in [0.4, 0.5) is 21.8 Å². The minimum absolute atomic E-state index is 0.0936. The normalized spacial score (nSPS) is 18.6. The van der Waals surface area contributed by atoms with Crippen LogP contribution in [0.1, 0.15) is 75.5 Å². The number of pyridine rings is 1. The second-order valence-electron chi connectivity index (χ2n) is 14.7. The van der Waals surface area contributed by atoms with Crippen LogP contribution in [-0.2, 0) is 26.2 Å². The zero-order valence-corrected chi connectivity index (χ0v) is 31.1. The molecule has 1 aromatic carbocycles. The summed E-state index contributed by atoms with van der Waals surface area (Å²) in [5.41, 5.74) is 2.59. The summed E-state index contributed by atoms with van der Waals surface area (Å²) < 4.78 is 43.4. The lowest BCUT2D eigenvalue weighted by atomic mass is 9.89. The van der Waals surface area contributed by atoms with E-state index in [0.29, 0.717) is 60.4 Å². The number of amides is 2. The Hall–Kier alpha value is -5.29. The molecular formula is C37H42FN11O4S. The molecule has 15 nitrogen and oxygen atoms in total. The predicted octanol–water partition coefficient (Wildman–Crippen LogP) is 4.51. The highest BCUT2D eigenvalue weighted by Crippen LogP contribution is 2.34. The molecule has 3 aliphatic rings. The molecule has 17 heteroatoms. The number of piperidine rings is 2. The van der Waals surface area contributed by atoms with E-state index >= 15 is 4.39 Å². The van der Waals surface area contributed by atoms with Crippen molar-refractivity contribution in [2.75, 3.05) is 30.4 Å². The highest BCUT2D eigenvalue weighted by molar-refractivity contribution is 7.90. The van der Waals surface area contributed by atoms with Crippen molar-refractivity contribution in [1.82, 2.24) is 44.1 Å². The minimum Gasteiger partial charge on any atom is -0.354 e. The van der Waals surface area contributed by atoms with Crippen molar-refractivity contribution in [3.63, 3.8) is 0 Å². The first-order valence-electron chi connectivity index (χ1n) is 18.3. The van der Waals surface area contributed by atoms with Gasteiger partial charge in [-0.2, -0.15) is 14.3 Å². The Bertz CT molecular complexity index is 2350. The van der Waals surface area contributed by atoms with E-state index in [2.05, 4.69) is 56.4 Å². The Kier molecular flexibility index (Phi) is 9.37. The lowest BCUT2D eigenvalue weighted by Crippen LogP contribution is -2.43. The molecule has 2 N–H and O–H groups in total. The molecule has 4 aromatic heterocycles. The van der Waals surface area contributed by atoms with E-state index in [-0.39, 0.29) is 23.6 Å². The van der Waals surface area contributed by atoms with Crippen molar-refractivity contribution in [2.24, 2.45) is 0 Å². The van der Waals surface area contributed by atoms with Gasteiger partial charge >= 0.3 is 0 Å². The second kappa shape index (κ2) is 14.2. The molecule has 2 aliphatic heterocycles. The van der Waals surface area contributed by atoms with Gasteiger partial charge in [0.1, 0.15) is 17.5 Å². The van der Waals surface area contributed by atoms with E-state index in [1.807, 2.05) is 23.0 Å². The lowest BCUT2D eigenvalue weighted by molar-refractivity contribution is -0.134. The Labute approximate surface area is 312 Å². The molecule has 2 amide bonds. The second-order valence-corrected chi connectivity index (χ2v) is 16.7. The van der Waals surface area contributed by atoms with Gasteiger partial charge in [-0.3, -0.25) is 24.5 Å². The fraction of sp³-hybridized carbons (Fsp3) is 0.432. The number of hydrogen-bond donors (Lipinski definition) is 2. The largest absolute Gasteiger partial charge is 0.354 e. The smallest absolute Gasteiger partial charge is 0.256 e. The molecule has 3 fully saturated rings. The van der Waals surface area contributed by atoms with E-state index in [4.69, 9.17) is 10.1 Å². The summed E-state index contributed by atoms with van der Waals surface area (Å²) in [6.45, 7) is 6.34. The summed E-state index contributed by atoms with van der Waals surface area (Å²) in [7, 11) is -1.44. The third kappa shape index (κ3) is 7.04. The molecule has 1 unspecified atom stereocenters. The molecule has 5 aromatic rings. The number of rotatable bonds is 11. The fourth-order valence-electron chi connectivity index (χ4n) is 7.37. The molecule has 54 heavy (non-hydrogen) atoms. The van der Waals surface area contributed by atoms with Crippen LogP contribution in [0, 0.1) is 5.82 Å². The van der Waals surface area contributed by atoms with Gasteiger partial charge in [0.25, 0.3) is 10.0 Å². The average molecular weight is 756 g/mol. The van der Waals surface area contributed by atoms with E-state index in [0.717, 1.165) is 52.3 Å². The summed E-state index contributed by atoms with van der Waals surface area (Å²) in [4.78, 5) is 42.0. The molecule has 0 radical (unpaired) electrons. The maximum Gasteiger partial charge on any atom is 0.256 e. The number of fused-ring (bicyclic) bond motifs is 1. The molecule has 1 aliphatic carbocycles. The van der Waals surface area contributed by atoms with Crippen LogP contribution in [0.3, 0.4) is 0 Å². The first kappa shape index (κ1) is 35.7. The fourth-order valence-corrected chi connectivity index (χ4v) is 8.84. The third-order valence-corrected chi connectivity index (χ3v) is 12.5. The quantitative estimate of drug-likeness (QED) is 0.181. The lowest BCUT2D eigenvalue weighted by Gasteiger charge is -2.37. The summed E-state index contributed by atoms with van der Waals surface area (Å²) in [5, 5.41) is 15.3. The van der Waals surface area contributed by atoms with Crippen LogP contribution < -0.4 is 15.5 Å². The van der Waals surface area contributed by atoms with Crippen molar-refractivity contribution < 1.29 is 22.4 Å². The topological polar surface area (TPSA) is 173 Å². The number of nitrogens with zero attached hydrogens (tertiary/aromatic N) is 9. The van der Waals surface area contributed by atoms with Gasteiger partial charge in [0.15, 0.2) is 11.6 Å². The number of hydrogen-bond acceptors (Lipinski definition) is 12. The van der Waals surface area contributed by atoms with E-state index in [1.54, 1.807) is 18.3 Å². The van der Waals surface area contributed by atoms with Gasteiger partial charge in [0.05, 0.1) is 40.0 Å². The van der Waals surface area contributed by atoms with Gasteiger partial charge in [-0.1, -0.05) is 12.1 Å². The molecule has 6 heterocycles. The van der Waals surface area contributed by atoms with E-state index in [1.165, 1.54) is 18.5 Å². The molecule has 1 saturated carbocycles. The van der Waals surface area contributed by atoms with Gasteiger partial charge in [-0.05, 0) is 70.7 Å². The summed E-state index contributed by atoms with van der Waals surface area (Å²) in [5.74, 6) is 0.481. The van der Waals surface area contributed by atoms with Crippen molar-refractivity contribution in [2.45, 2.75) is 82.2 Å². The van der Waals surface area contributed by atoms with E-state index in [9.17, 15) is 18.0 Å². The highest BCUT2D eigenvalue weighted by Gasteiger charge is 2.38. The van der Waals surface area contributed by atoms with Gasteiger partial charge in [-0.25, -0.2) is 27.8 Å². The number of carbonyl (C=O) groups is 2. The number of nitrogens with one attached hydrogen (secondary N) is 2. The minimum atomic E-state index is -3.49. The van der Waals surface area contributed by atoms with Crippen molar-refractivity contribution in [3.05, 3.63) is 72.1 Å². The highest BCUT2D eigenvalue weighted by atomic mass is 32.2. The number of anilines is 3. The van der Waals surface area contributed by atoms with E-state index < -0.39 is 27.7 Å². The van der Waals surface area contributed by atoms with Crippen LogP contribution in [-0.4, -0.2) is 90.5 Å². The number of carbonyl (C=O) groups excluding carboxylic acids is 2. The molecule has 282 valence electrons. The zero-order valence-electron chi connectivity index (χ0n) is 30.3. The Morgan fingerprint density at radius 1 is 1.02 bits per heavy atom. The van der Waals surface area contributed by atoms with Crippen LogP contribution >= 0.6 is 0 Å². The SMILES string of the molecule is CC(C)n1nc(N2CCC(N(C)Cc3ccc(C4CCC(=O)NC4=O)c(F)c3)CC2)c2cnc(Nc3ccnc(-c4cnn(S(=O)(=O)C5CC5)c4)n3)cc21. The molecule has 8 rings (SSSR count). The van der Waals surface area contributed by atoms with Crippen molar-refractivity contribution in [3.8, 4) is 11.4 Å². The predicted molar refractivity (Wildman–Crippen MR) is 200 cm³/mol. The van der Waals surface area contributed by atoms with Crippen LogP contribution in [0.15, 0.2) is 55.1 Å². The molecular weight excluding hydrogens is 714 g/mol. The van der Waals surface area contributed by atoms with Crippen molar-refractivity contribution in [1.29, 1.82) is 0 Å². The number of imide groups is 1. The Morgan fingerprint density at radius 3 is 2.54 bits per heavy atom. The van der Waals surface area contributed by atoms with Gasteiger partial charge in [0.2, 0.25) is 11.8 Å². The molecule has 1 atom stereocenters. The average Bonchev–Trinajstić information content (AvgIpc) is 3.77. The van der Waals surface area contributed by atoms with Crippen molar-refractivity contribution >= 4 is 50.2 Å².